The van der Waals surface area contributed by atoms with Crippen molar-refractivity contribution in [2.75, 3.05) is 10.7 Å². The SMILES string of the molecule is Cc1cccc(C2C(C#N)=C(N)N(c3nnc(SCC(=O)c4ccc(Cl)cc4)s3)C3=C2C(=O)CC(C)(C)C3)c1. The lowest BCUT2D eigenvalue weighted by atomic mass is 9.68. The van der Waals surface area contributed by atoms with Gasteiger partial charge in [-0.2, -0.15) is 5.26 Å². The van der Waals surface area contributed by atoms with Gasteiger partial charge in [-0.05, 0) is 48.6 Å². The highest BCUT2D eigenvalue weighted by Gasteiger charge is 2.45. The minimum atomic E-state index is -0.538. The Morgan fingerprint density at radius 1 is 1.23 bits per heavy atom. The van der Waals surface area contributed by atoms with Gasteiger partial charge in [0.2, 0.25) is 5.13 Å². The second-order valence-corrected chi connectivity index (χ2v) is 13.1. The number of nitriles is 1. The number of carbonyl (C=O) groups is 2. The van der Waals surface area contributed by atoms with Crippen LogP contribution < -0.4 is 10.6 Å². The summed E-state index contributed by atoms with van der Waals surface area (Å²) in [5.41, 5.74) is 10.5. The Morgan fingerprint density at radius 2 is 1.97 bits per heavy atom. The summed E-state index contributed by atoms with van der Waals surface area (Å²) in [6.07, 6.45) is 0.970. The van der Waals surface area contributed by atoms with Gasteiger partial charge < -0.3 is 5.73 Å². The maximum Gasteiger partial charge on any atom is 0.219 e. The van der Waals surface area contributed by atoms with Crippen molar-refractivity contribution in [3.8, 4) is 6.07 Å². The van der Waals surface area contributed by atoms with Crippen molar-refractivity contribution in [3.63, 3.8) is 0 Å². The molecule has 0 spiro atoms. The number of ketones is 2. The molecule has 1 aliphatic carbocycles. The van der Waals surface area contributed by atoms with Crippen LogP contribution in [0.25, 0.3) is 0 Å². The highest BCUT2D eigenvalue weighted by Crippen LogP contribution is 2.50. The van der Waals surface area contributed by atoms with Gasteiger partial charge in [0.1, 0.15) is 5.82 Å². The summed E-state index contributed by atoms with van der Waals surface area (Å²) in [5, 5.41) is 19.9. The van der Waals surface area contributed by atoms with Crippen molar-refractivity contribution < 1.29 is 9.59 Å². The molecule has 1 unspecified atom stereocenters. The Balaban J connectivity index is 1.52. The average Bonchev–Trinajstić information content (AvgIpc) is 3.34. The number of nitrogens with two attached hydrogens (primary N) is 1. The number of thioether (sulfide) groups is 1. The Bertz CT molecular complexity index is 1580. The number of aromatic nitrogens is 2. The van der Waals surface area contributed by atoms with E-state index in [0.717, 1.165) is 16.8 Å². The van der Waals surface area contributed by atoms with Crippen molar-refractivity contribution in [2.45, 2.75) is 43.9 Å². The molecule has 7 nitrogen and oxygen atoms in total. The lowest BCUT2D eigenvalue weighted by molar-refractivity contribution is -0.118. The van der Waals surface area contributed by atoms with Gasteiger partial charge in [0.15, 0.2) is 15.9 Å². The molecule has 0 radical (unpaired) electrons. The molecule has 10 heteroatoms. The predicted octanol–water partition coefficient (Wildman–Crippen LogP) is 6.42. The number of anilines is 1. The van der Waals surface area contributed by atoms with E-state index < -0.39 is 5.92 Å². The predicted molar refractivity (Wildman–Crippen MR) is 155 cm³/mol. The third kappa shape index (κ3) is 5.37. The molecule has 5 rings (SSSR count). The monoisotopic (exact) mass is 575 g/mol. The Kier molecular flexibility index (Phi) is 7.38. The molecule has 39 heavy (non-hydrogen) atoms. The summed E-state index contributed by atoms with van der Waals surface area (Å²) in [7, 11) is 0. The highest BCUT2D eigenvalue weighted by molar-refractivity contribution is 8.01. The van der Waals surface area contributed by atoms with E-state index in [0.29, 0.717) is 44.0 Å². The quantitative estimate of drug-likeness (QED) is 0.265. The zero-order valence-corrected chi connectivity index (χ0v) is 24.1. The summed E-state index contributed by atoms with van der Waals surface area (Å²) < 4.78 is 0.586. The van der Waals surface area contributed by atoms with E-state index in [-0.39, 0.29) is 28.6 Å². The molecule has 2 N–H and O–H groups in total. The van der Waals surface area contributed by atoms with Crippen molar-refractivity contribution >= 4 is 51.4 Å². The summed E-state index contributed by atoms with van der Waals surface area (Å²) >= 11 is 8.48. The fourth-order valence-corrected chi connectivity index (χ4v) is 7.01. The minimum Gasteiger partial charge on any atom is -0.384 e. The highest BCUT2D eigenvalue weighted by atomic mass is 35.5. The van der Waals surface area contributed by atoms with Crippen LogP contribution in [-0.2, 0) is 4.79 Å². The van der Waals surface area contributed by atoms with Crippen LogP contribution in [0.15, 0.2) is 75.5 Å². The number of nitrogens with zero attached hydrogens (tertiary/aromatic N) is 4. The summed E-state index contributed by atoms with van der Waals surface area (Å²) in [6, 6.07) is 16.9. The van der Waals surface area contributed by atoms with Crippen molar-refractivity contribution in [1.82, 2.24) is 10.2 Å². The molecule has 198 valence electrons. The van der Waals surface area contributed by atoms with E-state index in [4.69, 9.17) is 17.3 Å². The second kappa shape index (κ2) is 10.6. The second-order valence-electron chi connectivity index (χ2n) is 10.5. The largest absolute Gasteiger partial charge is 0.384 e. The van der Waals surface area contributed by atoms with Crippen molar-refractivity contribution in [3.05, 3.63) is 92.9 Å². The minimum absolute atomic E-state index is 0.00526. The summed E-state index contributed by atoms with van der Waals surface area (Å²) in [4.78, 5) is 28.0. The van der Waals surface area contributed by atoms with Gasteiger partial charge in [0.25, 0.3) is 0 Å². The number of benzene rings is 2. The molecule has 1 aliphatic heterocycles. The van der Waals surface area contributed by atoms with Gasteiger partial charge in [0, 0.05) is 28.3 Å². The Hall–Kier alpha value is -3.45. The van der Waals surface area contributed by atoms with Crippen LogP contribution in [0.4, 0.5) is 5.13 Å². The first-order valence-electron chi connectivity index (χ1n) is 12.4. The zero-order chi connectivity index (χ0) is 27.9. The molecule has 0 saturated heterocycles. The first-order valence-corrected chi connectivity index (χ1v) is 14.5. The summed E-state index contributed by atoms with van der Waals surface area (Å²) in [5.74, 6) is -0.157. The lowest BCUT2D eigenvalue weighted by Crippen LogP contribution is -2.42. The molecule has 0 amide bonds. The molecule has 0 bridgehead atoms. The maximum absolute atomic E-state index is 13.7. The van der Waals surface area contributed by atoms with Crippen LogP contribution in [0.3, 0.4) is 0 Å². The topological polar surface area (TPSA) is 113 Å². The molecule has 2 aromatic carbocycles. The van der Waals surface area contributed by atoms with E-state index in [1.807, 2.05) is 31.2 Å². The van der Waals surface area contributed by atoms with E-state index in [2.05, 4.69) is 30.1 Å². The van der Waals surface area contributed by atoms with Gasteiger partial charge >= 0.3 is 0 Å². The number of hydrogen-bond acceptors (Lipinski definition) is 9. The first-order chi connectivity index (χ1) is 18.6. The van der Waals surface area contributed by atoms with Crippen LogP contribution >= 0.6 is 34.7 Å². The van der Waals surface area contributed by atoms with Crippen LogP contribution in [0, 0.1) is 23.7 Å². The van der Waals surface area contributed by atoms with Gasteiger partial charge in [-0.15, -0.1) is 10.2 Å². The third-order valence-corrected chi connectivity index (χ3v) is 9.13. The molecule has 1 aromatic heterocycles. The maximum atomic E-state index is 13.7. The van der Waals surface area contributed by atoms with Crippen LogP contribution in [0.2, 0.25) is 5.02 Å². The molecule has 3 aromatic rings. The first kappa shape index (κ1) is 27.1. The number of aryl methyl sites for hydroxylation is 1. The fraction of sp³-hybridized carbons (Fsp3) is 0.276. The number of hydrogen-bond donors (Lipinski definition) is 1. The van der Waals surface area contributed by atoms with E-state index in [1.54, 1.807) is 29.2 Å². The zero-order valence-electron chi connectivity index (χ0n) is 21.7. The number of rotatable bonds is 6. The molecule has 0 saturated carbocycles. The number of halogens is 1. The van der Waals surface area contributed by atoms with E-state index in [9.17, 15) is 14.9 Å². The van der Waals surface area contributed by atoms with Gasteiger partial charge in [0.05, 0.1) is 23.3 Å². The van der Waals surface area contributed by atoms with E-state index >= 15 is 0 Å². The molecule has 2 heterocycles. The number of Topliss-reactive ketones (excluding diaryl/α,β-unsaturated/α-hetero) is 2. The fourth-order valence-electron chi connectivity index (χ4n) is 5.11. The molecule has 1 atom stereocenters. The number of allylic oxidation sites excluding steroid dienone is 3. The van der Waals surface area contributed by atoms with Gasteiger partial charge in [-0.25, -0.2) is 0 Å². The van der Waals surface area contributed by atoms with Crippen LogP contribution in [-0.4, -0.2) is 27.5 Å². The van der Waals surface area contributed by atoms with Gasteiger partial charge in [-0.1, -0.05) is 78.4 Å². The average molecular weight is 576 g/mol. The molecular weight excluding hydrogens is 550 g/mol. The van der Waals surface area contributed by atoms with Crippen molar-refractivity contribution in [1.29, 1.82) is 5.26 Å². The third-order valence-electron chi connectivity index (χ3n) is 6.84. The Morgan fingerprint density at radius 3 is 2.67 bits per heavy atom. The van der Waals surface area contributed by atoms with E-state index in [1.165, 1.54) is 23.1 Å². The smallest absolute Gasteiger partial charge is 0.219 e. The summed E-state index contributed by atoms with van der Waals surface area (Å²) in [6.45, 7) is 6.09. The molecular formula is C29H26ClN5O2S2. The van der Waals surface area contributed by atoms with Crippen LogP contribution in [0.1, 0.15) is 54.1 Å². The molecule has 0 fully saturated rings. The normalized spacial score (nSPS) is 18.7. The van der Waals surface area contributed by atoms with Crippen LogP contribution in [0.5, 0.6) is 0 Å². The van der Waals surface area contributed by atoms with Crippen molar-refractivity contribution in [2.24, 2.45) is 11.1 Å². The Labute approximate surface area is 240 Å². The number of carbonyl (C=O) groups excluding carboxylic acids is 2. The van der Waals surface area contributed by atoms with Gasteiger partial charge in [-0.3, -0.25) is 14.5 Å². The standard InChI is InChI=1S/C29H26ClN5O2S2/c1-16-5-4-6-18(11-16)24-20(14-31)26(32)35(21-12-29(2,3)13-22(36)25(21)24)27-33-34-28(39-27)38-15-23(37)17-7-9-19(30)10-8-17/h4-11,24H,12-13,15,32H2,1-3H3. The lowest BCUT2D eigenvalue weighted by Gasteiger charge is -2.42. The molecule has 2 aliphatic rings.